The van der Waals surface area contributed by atoms with Crippen LogP contribution in [0.2, 0.25) is 5.02 Å². The van der Waals surface area contributed by atoms with Gasteiger partial charge in [0, 0.05) is 29.5 Å². The number of ether oxygens (including phenoxy) is 1. The number of halogens is 1. The molecule has 0 bridgehead atoms. The van der Waals surface area contributed by atoms with Crippen LogP contribution in [0.3, 0.4) is 0 Å². The predicted molar refractivity (Wildman–Crippen MR) is 97.9 cm³/mol. The van der Waals surface area contributed by atoms with Gasteiger partial charge in [0.1, 0.15) is 0 Å². The van der Waals surface area contributed by atoms with Crippen molar-refractivity contribution >= 4 is 28.9 Å². The van der Waals surface area contributed by atoms with Gasteiger partial charge in [-0.2, -0.15) is 0 Å². The normalized spacial score (nSPS) is 17.6. The standard InChI is InChI=1S/C19H21ClN2O2/c1-14-13-22(10-11-24-14)18-8-6-17(7-9-18)21-19(23)12-15-2-4-16(20)5-3-15/h2-9,14H,10-13H2,1H3,(H,21,23). The fraction of sp³-hybridized carbons (Fsp3) is 0.316. The highest BCUT2D eigenvalue weighted by Crippen LogP contribution is 2.20. The van der Waals surface area contributed by atoms with Crippen LogP contribution in [0.5, 0.6) is 0 Å². The zero-order valence-electron chi connectivity index (χ0n) is 13.7. The van der Waals surface area contributed by atoms with E-state index in [0.29, 0.717) is 11.4 Å². The average molecular weight is 345 g/mol. The van der Waals surface area contributed by atoms with Crippen molar-refractivity contribution in [1.82, 2.24) is 0 Å². The van der Waals surface area contributed by atoms with Gasteiger partial charge in [-0.1, -0.05) is 23.7 Å². The van der Waals surface area contributed by atoms with Crippen LogP contribution in [0.25, 0.3) is 0 Å². The summed E-state index contributed by atoms with van der Waals surface area (Å²) in [5.41, 5.74) is 2.90. The molecule has 0 radical (unpaired) electrons. The Hall–Kier alpha value is -2.04. The molecule has 0 saturated carbocycles. The number of nitrogens with zero attached hydrogens (tertiary/aromatic N) is 1. The Kier molecular flexibility index (Phi) is 5.38. The molecule has 1 saturated heterocycles. The molecule has 1 aliphatic heterocycles. The summed E-state index contributed by atoms with van der Waals surface area (Å²) in [4.78, 5) is 14.4. The third-order valence-electron chi connectivity index (χ3n) is 4.04. The van der Waals surface area contributed by atoms with E-state index in [-0.39, 0.29) is 12.0 Å². The van der Waals surface area contributed by atoms with Gasteiger partial charge >= 0.3 is 0 Å². The maximum Gasteiger partial charge on any atom is 0.228 e. The highest BCUT2D eigenvalue weighted by Gasteiger charge is 2.16. The lowest BCUT2D eigenvalue weighted by Gasteiger charge is -2.33. The molecule has 0 aliphatic carbocycles. The SMILES string of the molecule is CC1CN(c2ccc(NC(=O)Cc3ccc(Cl)cc3)cc2)CCO1. The Labute approximate surface area is 147 Å². The molecule has 24 heavy (non-hydrogen) atoms. The Morgan fingerprint density at radius 2 is 1.92 bits per heavy atom. The quantitative estimate of drug-likeness (QED) is 0.918. The third-order valence-corrected chi connectivity index (χ3v) is 4.29. The van der Waals surface area contributed by atoms with E-state index in [0.717, 1.165) is 36.6 Å². The van der Waals surface area contributed by atoms with E-state index < -0.39 is 0 Å². The van der Waals surface area contributed by atoms with Gasteiger partial charge in [0.25, 0.3) is 0 Å². The number of amides is 1. The van der Waals surface area contributed by atoms with Gasteiger partial charge in [0.05, 0.1) is 19.1 Å². The van der Waals surface area contributed by atoms with E-state index in [1.54, 1.807) is 12.1 Å². The van der Waals surface area contributed by atoms with Gasteiger partial charge in [0.15, 0.2) is 0 Å². The molecule has 1 fully saturated rings. The summed E-state index contributed by atoms with van der Waals surface area (Å²) >= 11 is 5.85. The second-order valence-corrected chi connectivity index (χ2v) is 6.46. The molecule has 126 valence electrons. The number of nitrogens with one attached hydrogen (secondary N) is 1. The molecular weight excluding hydrogens is 324 g/mol. The molecular formula is C19H21ClN2O2. The van der Waals surface area contributed by atoms with Crippen LogP contribution in [-0.2, 0) is 16.0 Å². The highest BCUT2D eigenvalue weighted by atomic mass is 35.5. The van der Waals surface area contributed by atoms with Crippen molar-refractivity contribution in [2.75, 3.05) is 29.9 Å². The van der Waals surface area contributed by atoms with E-state index in [1.165, 1.54) is 0 Å². The number of morpholine rings is 1. The molecule has 1 N–H and O–H groups in total. The highest BCUT2D eigenvalue weighted by molar-refractivity contribution is 6.30. The number of rotatable bonds is 4. The lowest BCUT2D eigenvalue weighted by Crippen LogP contribution is -2.41. The van der Waals surface area contributed by atoms with Crippen LogP contribution in [0, 0.1) is 0 Å². The second kappa shape index (κ2) is 7.69. The molecule has 1 atom stereocenters. The van der Waals surface area contributed by atoms with E-state index in [2.05, 4.69) is 17.1 Å². The van der Waals surface area contributed by atoms with Crippen LogP contribution in [0.4, 0.5) is 11.4 Å². The first-order valence-corrected chi connectivity index (χ1v) is 8.49. The predicted octanol–water partition coefficient (Wildman–Crippen LogP) is 3.75. The van der Waals surface area contributed by atoms with Crippen LogP contribution in [0.1, 0.15) is 12.5 Å². The molecule has 5 heteroatoms. The van der Waals surface area contributed by atoms with Crippen LogP contribution in [0.15, 0.2) is 48.5 Å². The van der Waals surface area contributed by atoms with Crippen molar-refractivity contribution in [3.63, 3.8) is 0 Å². The van der Waals surface area contributed by atoms with Crippen molar-refractivity contribution in [2.24, 2.45) is 0 Å². The van der Waals surface area contributed by atoms with E-state index in [4.69, 9.17) is 16.3 Å². The van der Waals surface area contributed by atoms with Crippen LogP contribution < -0.4 is 10.2 Å². The molecule has 4 nitrogen and oxygen atoms in total. The lowest BCUT2D eigenvalue weighted by atomic mass is 10.1. The minimum atomic E-state index is -0.0370. The first-order chi connectivity index (χ1) is 11.6. The molecule has 0 spiro atoms. The molecule has 1 amide bonds. The number of hydrogen-bond donors (Lipinski definition) is 1. The maximum absolute atomic E-state index is 12.1. The molecule has 2 aromatic rings. The third kappa shape index (κ3) is 4.49. The Bertz CT molecular complexity index is 686. The first-order valence-electron chi connectivity index (χ1n) is 8.11. The van der Waals surface area contributed by atoms with Gasteiger partial charge in [-0.3, -0.25) is 4.79 Å². The van der Waals surface area contributed by atoms with Crippen molar-refractivity contribution in [2.45, 2.75) is 19.4 Å². The molecule has 0 aromatic heterocycles. The Balaban J connectivity index is 1.57. The summed E-state index contributed by atoms with van der Waals surface area (Å²) < 4.78 is 5.56. The minimum absolute atomic E-state index is 0.0370. The van der Waals surface area contributed by atoms with Gasteiger partial charge in [0.2, 0.25) is 5.91 Å². The number of anilines is 2. The van der Waals surface area contributed by atoms with Crippen molar-refractivity contribution in [3.8, 4) is 0 Å². The lowest BCUT2D eigenvalue weighted by molar-refractivity contribution is -0.115. The Morgan fingerprint density at radius 3 is 2.58 bits per heavy atom. The number of hydrogen-bond acceptors (Lipinski definition) is 3. The monoisotopic (exact) mass is 344 g/mol. The van der Waals surface area contributed by atoms with Gasteiger partial charge in [-0.05, 0) is 48.9 Å². The van der Waals surface area contributed by atoms with Crippen molar-refractivity contribution < 1.29 is 9.53 Å². The zero-order chi connectivity index (χ0) is 16.9. The summed E-state index contributed by atoms with van der Waals surface area (Å²) in [6.45, 7) is 4.62. The smallest absolute Gasteiger partial charge is 0.228 e. The summed E-state index contributed by atoms with van der Waals surface area (Å²) in [7, 11) is 0. The van der Waals surface area contributed by atoms with Crippen LogP contribution in [-0.4, -0.2) is 31.7 Å². The maximum atomic E-state index is 12.1. The number of benzene rings is 2. The average Bonchev–Trinajstić information content (AvgIpc) is 2.58. The summed E-state index contributed by atoms with van der Waals surface area (Å²) in [6.07, 6.45) is 0.581. The molecule has 2 aromatic carbocycles. The number of carbonyl (C=O) groups excluding carboxylic acids is 1. The molecule has 1 heterocycles. The van der Waals surface area contributed by atoms with Crippen molar-refractivity contribution in [1.29, 1.82) is 0 Å². The van der Waals surface area contributed by atoms with Gasteiger partial charge in [-0.15, -0.1) is 0 Å². The summed E-state index contributed by atoms with van der Waals surface area (Å²) in [6, 6.07) is 15.3. The van der Waals surface area contributed by atoms with E-state index in [1.807, 2.05) is 36.4 Å². The fourth-order valence-corrected chi connectivity index (χ4v) is 2.93. The van der Waals surface area contributed by atoms with Crippen molar-refractivity contribution in [3.05, 3.63) is 59.1 Å². The summed E-state index contributed by atoms with van der Waals surface area (Å²) in [5, 5.41) is 3.60. The van der Waals surface area contributed by atoms with Gasteiger partial charge in [-0.25, -0.2) is 0 Å². The first kappa shape index (κ1) is 16.8. The largest absolute Gasteiger partial charge is 0.375 e. The zero-order valence-corrected chi connectivity index (χ0v) is 14.4. The topological polar surface area (TPSA) is 41.6 Å². The Morgan fingerprint density at radius 1 is 1.21 bits per heavy atom. The second-order valence-electron chi connectivity index (χ2n) is 6.03. The van der Waals surface area contributed by atoms with E-state index in [9.17, 15) is 4.79 Å². The molecule has 1 aliphatic rings. The molecule has 1 unspecified atom stereocenters. The molecule has 3 rings (SSSR count). The van der Waals surface area contributed by atoms with E-state index >= 15 is 0 Å². The van der Waals surface area contributed by atoms with Gasteiger partial charge < -0.3 is 15.0 Å². The fourth-order valence-electron chi connectivity index (χ4n) is 2.80. The number of carbonyl (C=O) groups is 1. The summed E-state index contributed by atoms with van der Waals surface area (Å²) in [5.74, 6) is -0.0370. The minimum Gasteiger partial charge on any atom is -0.375 e. The van der Waals surface area contributed by atoms with Crippen LogP contribution >= 0.6 is 11.6 Å².